The minimum atomic E-state index is -4.00. The molecule has 0 aliphatic carbocycles. The number of ether oxygens (including phenoxy) is 1. The van der Waals surface area contributed by atoms with E-state index in [1.807, 2.05) is 30.3 Å². The monoisotopic (exact) mass is 426 g/mol. The van der Waals surface area contributed by atoms with Crippen molar-refractivity contribution in [3.8, 4) is 5.75 Å². The Labute approximate surface area is 169 Å². The normalized spacial score (nSPS) is 12.4. The molecule has 3 N–H and O–H groups in total. The number of sulfonamides is 1. The van der Waals surface area contributed by atoms with Gasteiger partial charge in [-0.2, -0.15) is 4.72 Å². The topological polar surface area (TPSA) is 105 Å². The third kappa shape index (κ3) is 6.20. The first-order chi connectivity index (χ1) is 13.4. The van der Waals surface area contributed by atoms with Gasteiger partial charge < -0.3 is 15.2 Å². The molecule has 0 saturated carbocycles. The van der Waals surface area contributed by atoms with Crippen LogP contribution in [-0.4, -0.2) is 45.7 Å². The molecular weight excluding hydrogens is 404 g/mol. The van der Waals surface area contributed by atoms with Crippen LogP contribution in [0.3, 0.4) is 0 Å². The van der Waals surface area contributed by atoms with Crippen molar-refractivity contribution >= 4 is 27.5 Å². The molecule has 0 fully saturated rings. The molecule has 1 amide bonds. The number of carbonyl (C=O) groups excluding carboxylic acids is 1. The number of rotatable bonds is 10. The molecule has 0 aliphatic rings. The Morgan fingerprint density at radius 2 is 1.93 bits per heavy atom. The zero-order valence-electron chi connectivity index (χ0n) is 15.4. The number of nitrogens with one attached hydrogen (secondary N) is 2. The van der Waals surface area contributed by atoms with Crippen molar-refractivity contribution in [1.29, 1.82) is 0 Å². The van der Waals surface area contributed by atoms with E-state index in [0.29, 0.717) is 12.2 Å². The molecule has 0 unspecified atom stereocenters. The maximum atomic E-state index is 12.8. The summed E-state index contributed by atoms with van der Waals surface area (Å²) in [4.78, 5) is 12.5. The number of amides is 1. The predicted molar refractivity (Wildman–Crippen MR) is 107 cm³/mol. The van der Waals surface area contributed by atoms with Crippen LogP contribution in [-0.2, 0) is 21.2 Å². The largest absolute Gasteiger partial charge is 0.495 e. The first-order valence-electron chi connectivity index (χ1n) is 8.65. The number of aliphatic hydroxyl groups excluding tert-OH is 1. The number of hydrogen-bond acceptors (Lipinski definition) is 5. The lowest BCUT2D eigenvalue weighted by Crippen LogP contribution is -2.48. The second-order valence-electron chi connectivity index (χ2n) is 6.03. The predicted octanol–water partition coefficient (Wildman–Crippen LogP) is 1.74. The van der Waals surface area contributed by atoms with E-state index in [1.54, 1.807) is 0 Å². The Bertz CT molecular complexity index is 890. The highest BCUT2D eigenvalue weighted by Crippen LogP contribution is 2.27. The number of methoxy groups -OCH3 is 1. The summed E-state index contributed by atoms with van der Waals surface area (Å²) in [5, 5.41) is 11.7. The fourth-order valence-electron chi connectivity index (χ4n) is 2.52. The first-order valence-corrected chi connectivity index (χ1v) is 10.5. The van der Waals surface area contributed by atoms with Crippen LogP contribution in [0, 0.1) is 0 Å². The van der Waals surface area contributed by atoms with Crippen LogP contribution in [0.4, 0.5) is 0 Å². The van der Waals surface area contributed by atoms with Gasteiger partial charge in [0.25, 0.3) is 0 Å². The maximum Gasteiger partial charge on any atom is 0.241 e. The molecule has 0 bridgehead atoms. The van der Waals surface area contributed by atoms with Crippen molar-refractivity contribution < 1.29 is 23.1 Å². The number of halogens is 1. The van der Waals surface area contributed by atoms with Gasteiger partial charge in [0, 0.05) is 13.2 Å². The molecule has 7 nitrogen and oxygen atoms in total. The Morgan fingerprint density at radius 1 is 1.21 bits per heavy atom. The van der Waals surface area contributed by atoms with Crippen LogP contribution in [0.15, 0.2) is 53.4 Å². The molecule has 2 aromatic rings. The summed E-state index contributed by atoms with van der Waals surface area (Å²) in [5.74, 6) is -0.122. The molecule has 0 heterocycles. The second-order valence-corrected chi connectivity index (χ2v) is 8.15. The molecule has 1 atom stereocenters. The quantitative estimate of drug-likeness (QED) is 0.502. The molecule has 0 aliphatic heterocycles. The highest BCUT2D eigenvalue weighted by molar-refractivity contribution is 7.89. The number of hydrogen-bond donors (Lipinski definition) is 3. The molecule has 0 aromatic heterocycles. The van der Waals surface area contributed by atoms with E-state index in [1.165, 1.54) is 25.3 Å². The molecule has 152 valence electrons. The zero-order chi connectivity index (χ0) is 20.6. The van der Waals surface area contributed by atoms with E-state index in [9.17, 15) is 13.2 Å². The highest BCUT2D eigenvalue weighted by atomic mass is 35.5. The van der Waals surface area contributed by atoms with Crippen molar-refractivity contribution in [3.63, 3.8) is 0 Å². The van der Waals surface area contributed by atoms with Gasteiger partial charge in [-0.15, -0.1) is 0 Å². The van der Waals surface area contributed by atoms with Crippen LogP contribution in [0.25, 0.3) is 0 Å². The molecule has 2 rings (SSSR count). The lowest BCUT2D eigenvalue weighted by Gasteiger charge is -2.19. The molecule has 28 heavy (non-hydrogen) atoms. The van der Waals surface area contributed by atoms with Crippen molar-refractivity contribution in [3.05, 3.63) is 59.1 Å². The van der Waals surface area contributed by atoms with Gasteiger partial charge in [0.05, 0.1) is 17.0 Å². The Balaban J connectivity index is 2.24. The van der Waals surface area contributed by atoms with Crippen molar-refractivity contribution in [2.45, 2.75) is 23.8 Å². The van der Waals surface area contributed by atoms with Crippen LogP contribution >= 0.6 is 11.6 Å². The number of carbonyl (C=O) groups is 1. The lowest BCUT2D eigenvalue weighted by atomic mass is 10.1. The third-order valence-electron chi connectivity index (χ3n) is 3.96. The average molecular weight is 427 g/mol. The SMILES string of the molecule is COc1ccc(S(=O)(=O)N[C@H](Cc2ccccc2)C(=O)NCCCO)cc1Cl. The van der Waals surface area contributed by atoms with Crippen molar-refractivity contribution in [2.75, 3.05) is 20.3 Å². The van der Waals surface area contributed by atoms with Crippen molar-refractivity contribution in [2.24, 2.45) is 0 Å². The van der Waals surface area contributed by atoms with Crippen molar-refractivity contribution in [1.82, 2.24) is 10.0 Å². The molecule has 0 spiro atoms. The van der Waals surface area contributed by atoms with Gasteiger partial charge in [0.15, 0.2) is 0 Å². The standard InChI is InChI=1S/C19H23ClN2O5S/c1-27-18-9-8-15(13-16(18)20)28(25,26)22-17(19(24)21-10-5-11-23)12-14-6-3-2-4-7-14/h2-4,6-9,13,17,22-23H,5,10-12H2,1H3,(H,21,24)/t17-/m1/s1. The van der Waals surface area contributed by atoms with E-state index < -0.39 is 22.0 Å². The van der Waals surface area contributed by atoms with Crippen LogP contribution in [0.1, 0.15) is 12.0 Å². The van der Waals surface area contributed by atoms with E-state index >= 15 is 0 Å². The summed E-state index contributed by atoms with van der Waals surface area (Å²) >= 11 is 6.03. The summed E-state index contributed by atoms with van der Waals surface area (Å²) in [6.45, 7) is 0.177. The minimum Gasteiger partial charge on any atom is -0.495 e. The molecule has 0 radical (unpaired) electrons. The molecule has 0 saturated heterocycles. The molecular formula is C19H23ClN2O5S. The number of aliphatic hydroxyl groups is 1. The van der Waals surface area contributed by atoms with Gasteiger partial charge in [-0.05, 0) is 36.6 Å². The van der Waals surface area contributed by atoms with Gasteiger partial charge in [-0.1, -0.05) is 41.9 Å². The Hall–Kier alpha value is -2.13. The van der Waals surface area contributed by atoms with E-state index in [0.717, 1.165) is 5.56 Å². The van der Waals surface area contributed by atoms with Gasteiger partial charge in [0.2, 0.25) is 15.9 Å². The summed E-state index contributed by atoms with van der Waals surface area (Å²) in [6.07, 6.45) is 0.555. The van der Waals surface area contributed by atoms with Crippen LogP contribution in [0.2, 0.25) is 5.02 Å². The lowest BCUT2D eigenvalue weighted by molar-refractivity contribution is -0.122. The van der Waals surface area contributed by atoms with Crippen LogP contribution < -0.4 is 14.8 Å². The Morgan fingerprint density at radius 3 is 2.54 bits per heavy atom. The first kappa shape index (κ1) is 22.2. The van der Waals surface area contributed by atoms with Gasteiger partial charge in [0.1, 0.15) is 11.8 Å². The van der Waals surface area contributed by atoms with E-state index in [4.69, 9.17) is 21.4 Å². The van der Waals surface area contributed by atoms with E-state index in [-0.39, 0.29) is 29.5 Å². The summed E-state index contributed by atoms with van der Waals surface area (Å²) < 4.78 is 33.1. The minimum absolute atomic E-state index is 0.0697. The van der Waals surface area contributed by atoms with Gasteiger partial charge >= 0.3 is 0 Å². The fraction of sp³-hybridized carbons (Fsp3) is 0.316. The van der Waals surface area contributed by atoms with Gasteiger partial charge in [-0.25, -0.2) is 8.42 Å². The average Bonchev–Trinajstić information content (AvgIpc) is 2.68. The summed E-state index contributed by atoms with van der Waals surface area (Å²) in [6, 6.07) is 12.1. The summed E-state index contributed by atoms with van der Waals surface area (Å²) in [5.41, 5.74) is 0.806. The second kappa shape index (κ2) is 10.4. The smallest absolute Gasteiger partial charge is 0.241 e. The Kier molecular flexibility index (Phi) is 8.25. The fourth-order valence-corrected chi connectivity index (χ4v) is 4.06. The zero-order valence-corrected chi connectivity index (χ0v) is 17.0. The van der Waals surface area contributed by atoms with Gasteiger partial charge in [-0.3, -0.25) is 4.79 Å². The third-order valence-corrected chi connectivity index (χ3v) is 5.73. The highest BCUT2D eigenvalue weighted by Gasteiger charge is 2.26. The molecule has 9 heteroatoms. The molecule has 2 aromatic carbocycles. The summed E-state index contributed by atoms with van der Waals surface area (Å²) in [7, 11) is -2.57. The number of benzene rings is 2. The van der Waals surface area contributed by atoms with Crippen LogP contribution in [0.5, 0.6) is 5.75 Å². The maximum absolute atomic E-state index is 12.8. The van der Waals surface area contributed by atoms with E-state index in [2.05, 4.69) is 10.0 Å².